The number of likely N-dealkylation sites (N-methyl/N-ethyl adjacent to an activating group) is 1. The molecule has 1 aromatic rings. The Balaban J connectivity index is 1.74. The maximum absolute atomic E-state index is 6.05. The molecular formula is C15H23N3O. The average molecular weight is 261 g/mol. The molecule has 0 aliphatic carbocycles. The SMILES string of the molecule is CN(C)[C@@H]1CN(Cc2ccncc2)[C@@H]2CCCO[C@H]12. The highest BCUT2D eigenvalue weighted by molar-refractivity contribution is 5.11. The van der Waals surface area contributed by atoms with Crippen molar-refractivity contribution in [3.05, 3.63) is 30.1 Å². The number of aromatic nitrogens is 1. The molecule has 3 heterocycles. The van der Waals surface area contributed by atoms with Crippen LogP contribution in [0.25, 0.3) is 0 Å². The molecule has 0 amide bonds. The van der Waals surface area contributed by atoms with Crippen LogP contribution in [0, 0.1) is 0 Å². The number of ether oxygens (including phenoxy) is 1. The van der Waals surface area contributed by atoms with Crippen LogP contribution >= 0.6 is 0 Å². The summed E-state index contributed by atoms with van der Waals surface area (Å²) in [6, 6.07) is 5.32. The highest BCUT2D eigenvalue weighted by Crippen LogP contribution is 2.31. The molecular weight excluding hydrogens is 238 g/mol. The normalized spacial score (nSPS) is 31.6. The van der Waals surface area contributed by atoms with Crippen LogP contribution in [0.1, 0.15) is 18.4 Å². The lowest BCUT2D eigenvalue weighted by Gasteiger charge is -2.33. The number of hydrogen-bond donors (Lipinski definition) is 0. The first-order valence-electron chi connectivity index (χ1n) is 7.16. The first-order chi connectivity index (χ1) is 9.25. The molecule has 104 valence electrons. The molecule has 4 heteroatoms. The monoisotopic (exact) mass is 261 g/mol. The van der Waals surface area contributed by atoms with Crippen molar-refractivity contribution in [3.8, 4) is 0 Å². The van der Waals surface area contributed by atoms with Crippen LogP contribution in [0.3, 0.4) is 0 Å². The predicted octanol–water partition coefficient (Wildman–Crippen LogP) is 1.37. The van der Waals surface area contributed by atoms with Crippen LogP contribution < -0.4 is 0 Å². The third-order valence-electron chi connectivity index (χ3n) is 4.40. The minimum Gasteiger partial charge on any atom is -0.375 e. The van der Waals surface area contributed by atoms with Gasteiger partial charge in [0.2, 0.25) is 0 Å². The largest absolute Gasteiger partial charge is 0.375 e. The summed E-state index contributed by atoms with van der Waals surface area (Å²) < 4.78 is 6.05. The van der Waals surface area contributed by atoms with Crippen molar-refractivity contribution in [2.45, 2.75) is 37.6 Å². The van der Waals surface area contributed by atoms with E-state index in [1.165, 1.54) is 18.4 Å². The molecule has 0 unspecified atom stereocenters. The fourth-order valence-electron chi connectivity index (χ4n) is 3.39. The Morgan fingerprint density at radius 3 is 2.89 bits per heavy atom. The van der Waals surface area contributed by atoms with Gasteiger partial charge in [-0.1, -0.05) is 0 Å². The molecule has 2 aliphatic rings. The van der Waals surface area contributed by atoms with E-state index in [-0.39, 0.29) is 0 Å². The van der Waals surface area contributed by atoms with E-state index < -0.39 is 0 Å². The van der Waals surface area contributed by atoms with Gasteiger partial charge in [-0.3, -0.25) is 9.88 Å². The van der Waals surface area contributed by atoms with E-state index in [1.807, 2.05) is 12.4 Å². The number of likely N-dealkylation sites (tertiary alicyclic amines) is 1. The zero-order valence-corrected chi connectivity index (χ0v) is 11.8. The highest BCUT2D eigenvalue weighted by atomic mass is 16.5. The van der Waals surface area contributed by atoms with Crippen molar-refractivity contribution in [1.82, 2.24) is 14.8 Å². The number of rotatable bonds is 3. The van der Waals surface area contributed by atoms with E-state index in [2.05, 4.69) is 41.0 Å². The summed E-state index contributed by atoms with van der Waals surface area (Å²) in [6.45, 7) is 3.04. The molecule has 3 atom stereocenters. The van der Waals surface area contributed by atoms with Gasteiger partial charge in [0.05, 0.1) is 6.10 Å². The topological polar surface area (TPSA) is 28.6 Å². The maximum Gasteiger partial charge on any atom is 0.0897 e. The van der Waals surface area contributed by atoms with Crippen LogP contribution in [-0.4, -0.2) is 60.2 Å². The Morgan fingerprint density at radius 1 is 1.37 bits per heavy atom. The number of nitrogens with zero attached hydrogens (tertiary/aromatic N) is 3. The second-order valence-corrected chi connectivity index (χ2v) is 5.86. The lowest BCUT2D eigenvalue weighted by molar-refractivity contribution is -0.0343. The smallest absolute Gasteiger partial charge is 0.0897 e. The van der Waals surface area contributed by atoms with Gasteiger partial charge in [0.25, 0.3) is 0 Å². The Kier molecular flexibility index (Phi) is 3.82. The Bertz CT molecular complexity index is 409. The Morgan fingerprint density at radius 2 is 2.16 bits per heavy atom. The summed E-state index contributed by atoms with van der Waals surface area (Å²) in [5, 5.41) is 0. The summed E-state index contributed by atoms with van der Waals surface area (Å²) in [7, 11) is 4.32. The summed E-state index contributed by atoms with van der Waals surface area (Å²) in [6.07, 6.45) is 6.59. The van der Waals surface area contributed by atoms with Gasteiger partial charge in [0.15, 0.2) is 0 Å². The lowest BCUT2D eigenvalue weighted by atomic mass is 10.0. The second kappa shape index (κ2) is 5.57. The molecule has 0 spiro atoms. The average Bonchev–Trinajstić information content (AvgIpc) is 2.79. The number of fused-ring (bicyclic) bond motifs is 1. The zero-order chi connectivity index (χ0) is 13.2. The molecule has 0 radical (unpaired) electrons. The van der Waals surface area contributed by atoms with Gasteiger partial charge in [-0.05, 0) is 44.6 Å². The second-order valence-electron chi connectivity index (χ2n) is 5.86. The highest BCUT2D eigenvalue weighted by Gasteiger charge is 2.44. The van der Waals surface area contributed by atoms with Crippen LogP contribution in [0.4, 0.5) is 0 Å². The number of hydrogen-bond acceptors (Lipinski definition) is 4. The van der Waals surface area contributed by atoms with Crippen molar-refractivity contribution >= 4 is 0 Å². The van der Waals surface area contributed by atoms with Gasteiger partial charge >= 0.3 is 0 Å². The minimum atomic E-state index is 0.380. The van der Waals surface area contributed by atoms with Gasteiger partial charge in [-0.25, -0.2) is 0 Å². The van der Waals surface area contributed by atoms with E-state index in [4.69, 9.17) is 4.74 Å². The Hall–Kier alpha value is -0.970. The molecule has 4 nitrogen and oxygen atoms in total. The van der Waals surface area contributed by atoms with Crippen molar-refractivity contribution in [3.63, 3.8) is 0 Å². The van der Waals surface area contributed by atoms with Crippen LogP contribution in [0.2, 0.25) is 0 Å². The number of pyridine rings is 1. The third-order valence-corrected chi connectivity index (χ3v) is 4.40. The fourth-order valence-corrected chi connectivity index (χ4v) is 3.39. The summed E-state index contributed by atoms with van der Waals surface area (Å²) in [4.78, 5) is 9.00. The van der Waals surface area contributed by atoms with Crippen LogP contribution in [-0.2, 0) is 11.3 Å². The van der Waals surface area contributed by atoms with Gasteiger partial charge < -0.3 is 9.64 Å². The van der Waals surface area contributed by atoms with Crippen molar-refractivity contribution < 1.29 is 4.74 Å². The zero-order valence-electron chi connectivity index (χ0n) is 11.8. The van der Waals surface area contributed by atoms with Crippen LogP contribution in [0.15, 0.2) is 24.5 Å². The van der Waals surface area contributed by atoms with E-state index >= 15 is 0 Å². The minimum absolute atomic E-state index is 0.380. The van der Waals surface area contributed by atoms with Gasteiger partial charge in [-0.2, -0.15) is 0 Å². The molecule has 1 aromatic heterocycles. The third kappa shape index (κ3) is 2.66. The molecule has 3 rings (SSSR count). The van der Waals surface area contributed by atoms with Gasteiger partial charge in [0.1, 0.15) is 0 Å². The maximum atomic E-state index is 6.05. The molecule has 0 aromatic carbocycles. The van der Waals surface area contributed by atoms with E-state index in [0.29, 0.717) is 18.2 Å². The molecule has 0 bridgehead atoms. The first kappa shape index (κ1) is 13.0. The van der Waals surface area contributed by atoms with E-state index in [9.17, 15) is 0 Å². The predicted molar refractivity (Wildman–Crippen MR) is 74.9 cm³/mol. The quantitative estimate of drug-likeness (QED) is 0.822. The molecule has 2 saturated heterocycles. The van der Waals surface area contributed by atoms with Crippen molar-refractivity contribution in [2.75, 3.05) is 27.2 Å². The molecule has 2 fully saturated rings. The van der Waals surface area contributed by atoms with Crippen LogP contribution in [0.5, 0.6) is 0 Å². The van der Waals surface area contributed by atoms with Gasteiger partial charge in [0, 0.05) is 44.2 Å². The lowest BCUT2D eigenvalue weighted by Crippen LogP contribution is -2.45. The summed E-state index contributed by atoms with van der Waals surface area (Å²) >= 11 is 0. The van der Waals surface area contributed by atoms with Crippen molar-refractivity contribution in [2.24, 2.45) is 0 Å². The first-order valence-corrected chi connectivity index (χ1v) is 7.16. The van der Waals surface area contributed by atoms with E-state index in [1.54, 1.807) is 0 Å². The molecule has 2 aliphatic heterocycles. The van der Waals surface area contributed by atoms with Crippen molar-refractivity contribution in [1.29, 1.82) is 0 Å². The molecule has 0 N–H and O–H groups in total. The summed E-state index contributed by atoms with van der Waals surface area (Å²) in [5.41, 5.74) is 1.35. The summed E-state index contributed by atoms with van der Waals surface area (Å²) in [5.74, 6) is 0. The molecule has 19 heavy (non-hydrogen) atoms. The Labute approximate surface area is 115 Å². The fraction of sp³-hybridized carbons (Fsp3) is 0.667. The molecule has 0 saturated carbocycles. The van der Waals surface area contributed by atoms with Gasteiger partial charge in [-0.15, -0.1) is 0 Å². The standard InChI is InChI=1S/C15H23N3O/c1-17(2)14-11-18(10-12-5-7-16-8-6-12)13-4-3-9-19-15(13)14/h5-8,13-15H,3-4,9-11H2,1-2H3/t13-,14-,15+/m1/s1. The van der Waals surface area contributed by atoms with E-state index in [0.717, 1.165) is 19.7 Å².